The highest BCUT2D eigenvalue weighted by Crippen LogP contribution is 2.41. The molecular weight excluding hydrogens is 467 g/mol. The maximum atomic E-state index is 13.6. The van der Waals surface area contributed by atoms with E-state index in [1.807, 2.05) is 11.4 Å². The van der Waals surface area contributed by atoms with E-state index in [1.54, 1.807) is 20.8 Å². The van der Waals surface area contributed by atoms with Crippen molar-refractivity contribution in [3.8, 4) is 6.07 Å². The fourth-order valence-corrected chi connectivity index (χ4v) is 5.37. The molecule has 1 aliphatic carbocycles. The highest BCUT2D eigenvalue weighted by Gasteiger charge is 2.52. The number of fused-ring (bicyclic) bond motifs is 3. The molecule has 4 atom stereocenters. The maximum absolute atomic E-state index is 13.6. The van der Waals surface area contributed by atoms with Crippen LogP contribution in [0.1, 0.15) is 59.3 Å². The van der Waals surface area contributed by atoms with E-state index in [0.717, 1.165) is 0 Å². The van der Waals surface area contributed by atoms with E-state index >= 15 is 0 Å². The summed E-state index contributed by atoms with van der Waals surface area (Å²) in [6.07, 6.45) is -1.92. The fourth-order valence-electron chi connectivity index (χ4n) is 5.37. The van der Waals surface area contributed by atoms with Crippen LogP contribution in [0, 0.1) is 28.6 Å². The average molecular weight is 500 g/mol. The number of halogens is 3. The van der Waals surface area contributed by atoms with Crippen molar-refractivity contribution in [2.45, 2.75) is 89.6 Å². The Morgan fingerprint density at radius 2 is 1.74 bits per heavy atom. The van der Waals surface area contributed by atoms with Crippen molar-refractivity contribution >= 4 is 23.6 Å². The molecule has 4 fully saturated rings. The molecule has 1 saturated carbocycles. The lowest BCUT2D eigenvalue weighted by molar-refractivity contribution is -0.177. The summed E-state index contributed by atoms with van der Waals surface area (Å²) in [6.45, 7) is 5.13. The van der Waals surface area contributed by atoms with E-state index < -0.39 is 53.4 Å². The Morgan fingerprint density at radius 1 is 1.11 bits per heavy atom. The minimum atomic E-state index is -5.16. The third kappa shape index (κ3) is 5.87. The van der Waals surface area contributed by atoms with Crippen molar-refractivity contribution in [3.05, 3.63) is 0 Å². The van der Waals surface area contributed by atoms with Gasteiger partial charge in [0.05, 0.1) is 6.07 Å². The van der Waals surface area contributed by atoms with Gasteiger partial charge in [0.2, 0.25) is 17.7 Å². The SMILES string of the molecule is CC(C)(C)[C@H](NC(=O)C(F)(F)F)C(=O)N1C2CCC(CC2)[C@H]1C(=O)N[C@H](C#N)C[C@@H]1CCNC1=O. The number of nitriles is 1. The molecule has 12 heteroatoms. The van der Waals surface area contributed by atoms with Gasteiger partial charge in [0.25, 0.3) is 0 Å². The van der Waals surface area contributed by atoms with E-state index in [9.17, 15) is 37.6 Å². The Hall–Kier alpha value is -2.84. The van der Waals surface area contributed by atoms with Crippen LogP contribution in [0.2, 0.25) is 0 Å². The van der Waals surface area contributed by atoms with Gasteiger partial charge < -0.3 is 20.9 Å². The van der Waals surface area contributed by atoms with Gasteiger partial charge in [-0.15, -0.1) is 0 Å². The Morgan fingerprint density at radius 3 is 2.23 bits per heavy atom. The van der Waals surface area contributed by atoms with Gasteiger partial charge in [-0.1, -0.05) is 20.8 Å². The van der Waals surface area contributed by atoms with Crippen molar-refractivity contribution in [1.29, 1.82) is 5.26 Å². The standard InChI is InChI=1S/C23H32F3N5O4/c1-22(2,3)17(30-21(35)23(24,25)26)20(34)31-15-6-4-12(5-7-15)16(31)19(33)29-14(11-27)10-13-8-9-28-18(13)32/h12-17H,4-10H2,1-3H3,(H,28,32)(H,29,33)(H,30,35)/t12?,13-,14-,15?,16-,17+/m0/s1. The van der Waals surface area contributed by atoms with Crippen LogP contribution in [0.4, 0.5) is 13.2 Å². The molecule has 4 aliphatic rings. The fraction of sp³-hybridized carbons (Fsp3) is 0.783. The highest BCUT2D eigenvalue weighted by atomic mass is 19.4. The number of carbonyl (C=O) groups is 4. The molecule has 35 heavy (non-hydrogen) atoms. The van der Waals surface area contributed by atoms with Crippen LogP contribution in [-0.4, -0.2) is 65.4 Å². The number of carbonyl (C=O) groups excluding carboxylic acids is 4. The van der Waals surface area contributed by atoms with Gasteiger partial charge in [0, 0.05) is 18.5 Å². The predicted molar refractivity (Wildman–Crippen MR) is 117 cm³/mol. The van der Waals surface area contributed by atoms with Gasteiger partial charge in [-0.2, -0.15) is 18.4 Å². The van der Waals surface area contributed by atoms with Crippen LogP contribution in [0.5, 0.6) is 0 Å². The molecule has 0 aromatic rings. The van der Waals surface area contributed by atoms with Crippen LogP contribution in [0.3, 0.4) is 0 Å². The molecule has 4 rings (SSSR count). The highest BCUT2D eigenvalue weighted by molar-refractivity contribution is 5.94. The van der Waals surface area contributed by atoms with Crippen molar-refractivity contribution in [2.24, 2.45) is 17.3 Å². The Bertz CT molecular complexity index is 902. The molecule has 9 nitrogen and oxygen atoms in total. The summed E-state index contributed by atoms with van der Waals surface area (Å²) in [6, 6.07) is -1.76. The summed E-state index contributed by atoms with van der Waals surface area (Å²) in [5, 5.41) is 16.7. The molecule has 3 heterocycles. The van der Waals surface area contributed by atoms with Crippen molar-refractivity contribution in [2.75, 3.05) is 6.54 Å². The summed E-state index contributed by atoms with van der Waals surface area (Å²) in [4.78, 5) is 51.9. The molecular formula is C23H32F3N5O4. The second-order valence-corrected chi connectivity index (χ2v) is 10.7. The monoisotopic (exact) mass is 499 g/mol. The predicted octanol–water partition coefficient (Wildman–Crippen LogP) is 1.38. The molecule has 3 aliphatic heterocycles. The molecule has 194 valence electrons. The molecule has 3 saturated heterocycles. The minimum Gasteiger partial charge on any atom is -0.356 e. The zero-order valence-electron chi connectivity index (χ0n) is 20.1. The van der Waals surface area contributed by atoms with Crippen LogP contribution in [0.15, 0.2) is 0 Å². The number of nitrogens with one attached hydrogen (secondary N) is 3. The quantitative estimate of drug-likeness (QED) is 0.508. The van der Waals surface area contributed by atoms with Gasteiger partial charge in [0.1, 0.15) is 18.1 Å². The Kier molecular flexibility index (Phi) is 7.67. The van der Waals surface area contributed by atoms with Gasteiger partial charge in [-0.25, -0.2) is 0 Å². The van der Waals surface area contributed by atoms with Gasteiger partial charge >= 0.3 is 12.1 Å². The third-order valence-electron chi connectivity index (χ3n) is 7.21. The summed E-state index contributed by atoms with van der Waals surface area (Å²) in [5.74, 6) is -4.31. The zero-order valence-corrected chi connectivity index (χ0v) is 20.1. The van der Waals surface area contributed by atoms with E-state index in [4.69, 9.17) is 0 Å². The number of amides is 4. The van der Waals surface area contributed by atoms with Crippen molar-refractivity contribution in [1.82, 2.24) is 20.9 Å². The van der Waals surface area contributed by atoms with E-state index in [0.29, 0.717) is 38.6 Å². The molecule has 3 N–H and O–H groups in total. The third-order valence-corrected chi connectivity index (χ3v) is 7.21. The Labute approximate surface area is 202 Å². The molecule has 0 radical (unpaired) electrons. The zero-order chi connectivity index (χ0) is 26.1. The van der Waals surface area contributed by atoms with Gasteiger partial charge in [-0.3, -0.25) is 19.2 Å². The largest absolute Gasteiger partial charge is 0.471 e. The summed E-state index contributed by atoms with van der Waals surface area (Å²) >= 11 is 0. The molecule has 0 unspecified atom stereocenters. The van der Waals surface area contributed by atoms with Crippen molar-refractivity contribution < 1.29 is 32.3 Å². The van der Waals surface area contributed by atoms with E-state index in [1.165, 1.54) is 4.90 Å². The molecule has 0 aromatic heterocycles. The number of hydrogen-bond donors (Lipinski definition) is 3. The first-order chi connectivity index (χ1) is 16.2. The molecule has 0 aromatic carbocycles. The molecule has 0 spiro atoms. The lowest BCUT2D eigenvalue weighted by atomic mass is 9.73. The number of alkyl halides is 3. The number of rotatable bonds is 6. The Balaban J connectivity index is 1.82. The second-order valence-electron chi connectivity index (χ2n) is 10.7. The first kappa shape index (κ1) is 26.8. The topological polar surface area (TPSA) is 131 Å². The van der Waals surface area contributed by atoms with Crippen LogP contribution in [-0.2, 0) is 19.2 Å². The first-order valence-electron chi connectivity index (χ1n) is 11.9. The molecule has 4 amide bonds. The average Bonchev–Trinajstić information content (AvgIpc) is 3.19. The second kappa shape index (κ2) is 10.0. The smallest absolute Gasteiger partial charge is 0.356 e. The lowest BCUT2D eigenvalue weighted by Crippen LogP contribution is -2.68. The van der Waals surface area contributed by atoms with Crippen LogP contribution in [0.25, 0.3) is 0 Å². The van der Waals surface area contributed by atoms with Crippen molar-refractivity contribution in [3.63, 3.8) is 0 Å². The van der Waals surface area contributed by atoms with Gasteiger partial charge in [-0.05, 0) is 49.9 Å². The summed E-state index contributed by atoms with van der Waals surface area (Å²) in [7, 11) is 0. The maximum Gasteiger partial charge on any atom is 0.471 e. The first-order valence-corrected chi connectivity index (χ1v) is 11.9. The molecule has 2 bridgehead atoms. The van der Waals surface area contributed by atoms with Crippen LogP contribution >= 0.6 is 0 Å². The number of nitrogens with zero attached hydrogens (tertiary/aromatic N) is 2. The van der Waals surface area contributed by atoms with E-state index in [-0.39, 0.29) is 24.3 Å². The summed E-state index contributed by atoms with van der Waals surface area (Å²) < 4.78 is 38.9. The van der Waals surface area contributed by atoms with Crippen LogP contribution < -0.4 is 16.0 Å². The normalized spacial score (nSPS) is 28.0. The lowest BCUT2D eigenvalue weighted by Gasteiger charge is -2.52. The summed E-state index contributed by atoms with van der Waals surface area (Å²) in [5.41, 5.74) is -1.05. The van der Waals surface area contributed by atoms with E-state index in [2.05, 4.69) is 10.6 Å². The van der Waals surface area contributed by atoms with Gasteiger partial charge in [0.15, 0.2) is 0 Å². The number of hydrogen-bond acceptors (Lipinski definition) is 5. The number of piperidine rings is 2. The minimum absolute atomic E-state index is 0.134.